The van der Waals surface area contributed by atoms with Gasteiger partial charge in [0.2, 0.25) is 0 Å². The molecule has 0 unspecified atom stereocenters. The fourth-order valence-electron chi connectivity index (χ4n) is 5.08. The van der Waals surface area contributed by atoms with Crippen molar-refractivity contribution in [3.05, 3.63) is 139 Å². The predicted molar refractivity (Wildman–Crippen MR) is 153 cm³/mol. The van der Waals surface area contributed by atoms with Crippen molar-refractivity contribution in [3.8, 4) is 23.0 Å². The zero-order valence-electron chi connectivity index (χ0n) is 20.8. The van der Waals surface area contributed by atoms with E-state index in [0.717, 1.165) is 58.2 Å². The molecule has 0 saturated carbocycles. The molecule has 3 heterocycles. The molecule has 0 saturated heterocycles. The van der Waals surface area contributed by atoms with Gasteiger partial charge in [-0.05, 0) is 47.5 Å². The molecular formula is C33H25N5. The molecule has 38 heavy (non-hydrogen) atoms. The number of benzene rings is 4. The molecule has 7 rings (SSSR count). The summed E-state index contributed by atoms with van der Waals surface area (Å²) in [5.74, 6) is 1.70. The van der Waals surface area contributed by atoms with Gasteiger partial charge in [0.15, 0.2) is 11.6 Å². The zero-order valence-corrected chi connectivity index (χ0v) is 20.8. The van der Waals surface area contributed by atoms with Gasteiger partial charge in [-0.25, -0.2) is 15.0 Å². The summed E-state index contributed by atoms with van der Waals surface area (Å²) >= 11 is 0. The van der Waals surface area contributed by atoms with Crippen LogP contribution >= 0.6 is 0 Å². The monoisotopic (exact) mass is 491 g/mol. The maximum Gasteiger partial charge on any atom is 0.160 e. The molecule has 0 aliphatic carbocycles. The van der Waals surface area contributed by atoms with E-state index in [-0.39, 0.29) is 0 Å². The molecule has 0 amide bonds. The van der Waals surface area contributed by atoms with Crippen LogP contribution in [0.1, 0.15) is 11.1 Å². The highest BCUT2D eigenvalue weighted by molar-refractivity contribution is 5.82. The van der Waals surface area contributed by atoms with Crippen molar-refractivity contribution in [2.45, 2.75) is 13.1 Å². The third-order valence-electron chi connectivity index (χ3n) is 6.88. The molecule has 0 aliphatic rings. The number of fused-ring (bicyclic) bond motifs is 2. The number of rotatable bonds is 6. The van der Waals surface area contributed by atoms with E-state index in [1.807, 2.05) is 36.4 Å². The largest absolute Gasteiger partial charge is 0.318 e. The first-order chi connectivity index (χ1) is 18.8. The standard InChI is InChI=1S/C33H25N5/c1-3-12-24(13-4-1)22-37-30-20-9-7-16-26(30)35-32(37)28-18-11-19-29(34-28)33-36-27-17-8-10-21-31(27)38(33)23-25-14-5-2-6-15-25/h1-21H,22-23H2. The summed E-state index contributed by atoms with van der Waals surface area (Å²) in [6, 6.07) is 43.6. The number of para-hydroxylation sites is 4. The Morgan fingerprint density at radius 2 is 0.816 bits per heavy atom. The second-order valence-electron chi connectivity index (χ2n) is 9.40. The Morgan fingerprint density at radius 3 is 1.29 bits per heavy atom. The minimum atomic E-state index is 0.717. The van der Waals surface area contributed by atoms with Crippen LogP contribution in [0.25, 0.3) is 45.1 Å². The van der Waals surface area contributed by atoms with Crippen molar-refractivity contribution in [2.24, 2.45) is 0 Å². The molecule has 0 aliphatic heterocycles. The number of pyridine rings is 1. The van der Waals surface area contributed by atoms with E-state index in [4.69, 9.17) is 15.0 Å². The zero-order chi connectivity index (χ0) is 25.3. The molecule has 0 N–H and O–H groups in total. The highest BCUT2D eigenvalue weighted by Crippen LogP contribution is 2.29. The summed E-state index contributed by atoms with van der Waals surface area (Å²) in [4.78, 5) is 15.2. The van der Waals surface area contributed by atoms with Crippen molar-refractivity contribution in [3.63, 3.8) is 0 Å². The summed E-state index contributed by atoms with van der Waals surface area (Å²) in [6.45, 7) is 1.43. The first-order valence-corrected chi connectivity index (χ1v) is 12.8. The molecule has 5 heteroatoms. The molecule has 0 spiro atoms. The van der Waals surface area contributed by atoms with E-state index < -0.39 is 0 Å². The van der Waals surface area contributed by atoms with E-state index in [1.54, 1.807) is 0 Å². The van der Waals surface area contributed by atoms with Crippen LogP contribution in [0.5, 0.6) is 0 Å². The van der Waals surface area contributed by atoms with E-state index in [2.05, 4.69) is 100 Å². The molecule has 5 nitrogen and oxygen atoms in total. The van der Waals surface area contributed by atoms with Gasteiger partial charge in [0, 0.05) is 13.1 Å². The van der Waals surface area contributed by atoms with Gasteiger partial charge >= 0.3 is 0 Å². The van der Waals surface area contributed by atoms with Crippen LogP contribution < -0.4 is 0 Å². The van der Waals surface area contributed by atoms with E-state index in [0.29, 0.717) is 0 Å². The molecule has 0 atom stereocenters. The number of hydrogen-bond donors (Lipinski definition) is 0. The topological polar surface area (TPSA) is 48.5 Å². The van der Waals surface area contributed by atoms with Crippen LogP contribution in [0.3, 0.4) is 0 Å². The number of hydrogen-bond acceptors (Lipinski definition) is 3. The van der Waals surface area contributed by atoms with Crippen molar-refractivity contribution < 1.29 is 0 Å². The Bertz CT molecular complexity index is 1730. The quantitative estimate of drug-likeness (QED) is 0.247. The second-order valence-corrected chi connectivity index (χ2v) is 9.40. The molecule has 7 aromatic rings. The van der Waals surface area contributed by atoms with Gasteiger partial charge in [0.25, 0.3) is 0 Å². The average Bonchev–Trinajstić information content (AvgIpc) is 3.53. The highest BCUT2D eigenvalue weighted by Gasteiger charge is 2.18. The minimum Gasteiger partial charge on any atom is -0.318 e. The summed E-state index contributed by atoms with van der Waals surface area (Å²) in [5, 5.41) is 0. The summed E-state index contributed by atoms with van der Waals surface area (Å²) < 4.78 is 4.51. The average molecular weight is 492 g/mol. The molecular weight excluding hydrogens is 466 g/mol. The summed E-state index contributed by atoms with van der Waals surface area (Å²) in [5.41, 5.74) is 8.20. The Balaban J connectivity index is 1.37. The van der Waals surface area contributed by atoms with E-state index in [1.165, 1.54) is 11.1 Å². The summed E-state index contributed by atoms with van der Waals surface area (Å²) in [6.07, 6.45) is 0. The Kier molecular flexibility index (Phi) is 5.52. The lowest BCUT2D eigenvalue weighted by Gasteiger charge is -2.12. The van der Waals surface area contributed by atoms with Crippen LogP contribution in [-0.2, 0) is 13.1 Å². The Labute approximate surface area is 220 Å². The van der Waals surface area contributed by atoms with Gasteiger partial charge in [-0.15, -0.1) is 0 Å². The van der Waals surface area contributed by atoms with Gasteiger partial charge in [0.1, 0.15) is 11.4 Å². The minimum absolute atomic E-state index is 0.717. The van der Waals surface area contributed by atoms with Crippen LogP contribution in [-0.4, -0.2) is 24.1 Å². The van der Waals surface area contributed by atoms with E-state index in [9.17, 15) is 0 Å². The Hall–Kier alpha value is -5.03. The van der Waals surface area contributed by atoms with Crippen molar-refractivity contribution in [1.82, 2.24) is 24.1 Å². The van der Waals surface area contributed by atoms with Gasteiger partial charge in [-0.2, -0.15) is 0 Å². The molecule has 0 bridgehead atoms. The lowest BCUT2D eigenvalue weighted by Crippen LogP contribution is -2.05. The van der Waals surface area contributed by atoms with Gasteiger partial charge < -0.3 is 9.13 Å². The van der Waals surface area contributed by atoms with Crippen LogP contribution in [0.15, 0.2) is 127 Å². The van der Waals surface area contributed by atoms with Crippen molar-refractivity contribution >= 4 is 22.1 Å². The van der Waals surface area contributed by atoms with E-state index >= 15 is 0 Å². The number of nitrogens with zero attached hydrogens (tertiary/aromatic N) is 5. The molecule has 4 aromatic carbocycles. The number of aromatic nitrogens is 5. The lowest BCUT2D eigenvalue weighted by molar-refractivity contribution is 0.824. The van der Waals surface area contributed by atoms with Crippen LogP contribution in [0, 0.1) is 0 Å². The number of imidazole rings is 2. The van der Waals surface area contributed by atoms with Crippen molar-refractivity contribution in [1.29, 1.82) is 0 Å². The predicted octanol–water partition coefficient (Wildman–Crippen LogP) is 7.21. The first-order valence-electron chi connectivity index (χ1n) is 12.8. The SMILES string of the molecule is c1ccc(Cn2c(-c3cccc(-c4nc5ccccc5n4Cc4ccccc4)n3)nc3ccccc32)cc1. The molecule has 182 valence electrons. The van der Waals surface area contributed by atoms with Crippen molar-refractivity contribution in [2.75, 3.05) is 0 Å². The molecule has 0 fully saturated rings. The van der Waals surface area contributed by atoms with Gasteiger partial charge in [0.05, 0.1) is 22.1 Å². The fourth-order valence-corrected chi connectivity index (χ4v) is 5.08. The molecule has 0 radical (unpaired) electrons. The summed E-state index contributed by atoms with van der Waals surface area (Å²) in [7, 11) is 0. The maximum atomic E-state index is 5.14. The third kappa shape index (κ3) is 4.04. The molecule has 3 aromatic heterocycles. The fraction of sp³-hybridized carbons (Fsp3) is 0.0606. The Morgan fingerprint density at radius 1 is 0.395 bits per heavy atom. The van der Waals surface area contributed by atoms with Gasteiger partial charge in [-0.3, -0.25) is 0 Å². The maximum absolute atomic E-state index is 5.14. The highest BCUT2D eigenvalue weighted by atomic mass is 15.1. The lowest BCUT2D eigenvalue weighted by atomic mass is 10.2. The van der Waals surface area contributed by atoms with Crippen LogP contribution in [0.2, 0.25) is 0 Å². The van der Waals surface area contributed by atoms with Crippen LogP contribution in [0.4, 0.5) is 0 Å². The smallest absolute Gasteiger partial charge is 0.160 e. The second kappa shape index (κ2) is 9.45. The third-order valence-corrected chi connectivity index (χ3v) is 6.88. The first kappa shape index (κ1) is 22.2. The normalized spacial score (nSPS) is 11.4. The van der Waals surface area contributed by atoms with Gasteiger partial charge in [-0.1, -0.05) is 91.0 Å².